The fourth-order valence-corrected chi connectivity index (χ4v) is 4.87. The number of hydrogen-bond acceptors (Lipinski definition) is 5. The molecule has 3 aromatic heterocycles. The van der Waals surface area contributed by atoms with Gasteiger partial charge in [-0.1, -0.05) is 24.4 Å². The molecule has 3 aromatic rings. The van der Waals surface area contributed by atoms with Gasteiger partial charge < -0.3 is 10.3 Å². The van der Waals surface area contributed by atoms with Gasteiger partial charge >= 0.3 is 0 Å². The van der Waals surface area contributed by atoms with Gasteiger partial charge in [0.15, 0.2) is 0 Å². The minimum Gasteiger partial charge on any atom is -0.366 e. The summed E-state index contributed by atoms with van der Waals surface area (Å²) >= 11 is 6.29. The number of rotatable bonds is 5. The third-order valence-corrected chi connectivity index (χ3v) is 5.95. The second-order valence-corrected chi connectivity index (χ2v) is 9.36. The monoisotopic (exact) mass is 419 g/mol. The zero-order valence-corrected chi connectivity index (χ0v) is 17.0. The van der Waals surface area contributed by atoms with Gasteiger partial charge in [0.2, 0.25) is 10.0 Å². The fourth-order valence-electron chi connectivity index (χ4n) is 3.83. The summed E-state index contributed by atoms with van der Waals surface area (Å²) in [6, 6.07) is 7.45. The second kappa shape index (κ2) is 7.69. The van der Waals surface area contributed by atoms with E-state index in [1.807, 2.05) is 30.5 Å². The first kappa shape index (κ1) is 19.2. The highest BCUT2D eigenvalue weighted by atomic mass is 35.5. The van der Waals surface area contributed by atoms with Crippen LogP contribution in [0.5, 0.6) is 0 Å². The van der Waals surface area contributed by atoms with Gasteiger partial charge in [-0.25, -0.2) is 23.1 Å². The predicted octanol–water partition coefficient (Wildman–Crippen LogP) is 3.55. The molecule has 148 valence electrons. The van der Waals surface area contributed by atoms with Crippen molar-refractivity contribution in [1.82, 2.24) is 19.7 Å². The van der Waals surface area contributed by atoms with E-state index in [0.29, 0.717) is 11.0 Å². The number of aromatic amines is 1. The van der Waals surface area contributed by atoms with Gasteiger partial charge in [-0.15, -0.1) is 0 Å². The van der Waals surface area contributed by atoms with E-state index in [1.165, 1.54) is 6.26 Å². The molecular formula is C19H22ClN5O2S. The average molecular weight is 420 g/mol. The lowest BCUT2D eigenvalue weighted by atomic mass is 9.91. The lowest BCUT2D eigenvalue weighted by Gasteiger charge is -2.32. The summed E-state index contributed by atoms with van der Waals surface area (Å²) in [4.78, 5) is 11.9. The van der Waals surface area contributed by atoms with E-state index < -0.39 is 10.0 Å². The first-order valence-corrected chi connectivity index (χ1v) is 11.5. The zero-order valence-electron chi connectivity index (χ0n) is 15.4. The number of nitrogens with one attached hydrogen (secondary N) is 3. The Morgan fingerprint density at radius 3 is 2.79 bits per heavy atom. The smallest absolute Gasteiger partial charge is 0.209 e. The molecule has 0 aromatic carbocycles. The summed E-state index contributed by atoms with van der Waals surface area (Å²) in [5.41, 5.74) is 2.72. The van der Waals surface area contributed by atoms with E-state index in [1.54, 1.807) is 6.20 Å². The van der Waals surface area contributed by atoms with Crippen molar-refractivity contribution < 1.29 is 8.42 Å². The van der Waals surface area contributed by atoms with Gasteiger partial charge in [0, 0.05) is 35.4 Å². The molecule has 0 aliphatic heterocycles. The number of sulfonamides is 1. The van der Waals surface area contributed by atoms with E-state index in [0.717, 1.165) is 47.8 Å². The van der Waals surface area contributed by atoms with Gasteiger partial charge in [0.05, 0.1) is 6.26 Å². The summed E-state index contributed by atoms with van der Waals surface area (Å²) < 4.78 is 26.1. The number of fused-ring (bicyclic) bond motifs is 1. The van der Waals surface area contributed by atoms with Gasteiger partial charge in [0.1, 0.15) is 16.6 Å². The molecular weight excluding hydrogens is 398 g/mol. The van der Waals surface area contributed by atoms with Crippen LogP contribution in [-0.2, 0) is 10.0 Å². The summed E-state index contributed by atoms with van der Waals surface area (Å²) in [7, 11) is -3.27. The van der Waals surface area contributed by atoms with Crippen LogP contribution in [0.2, 0.25) is 5.15 Å². The zero-order chi connectivity index (χ0) is 19.7. The van der Waals surface area contributed by atoms with E-state index in [4.69, 9.17) is 11.6 Å². The maximum absolute atomic E-state index is 11.7. The third-order valence-electron chi connectivity index (χ3n) is 5.02. The normalized spacial score (nSPS) is 20.4. The van der Waals surface area contributed by atoms with Crippen LogP contribution in [-0.4, -0.2) is 41.7 Å². The molecule has 28 heavy (non-hydrogen) atoms. The Morgan fingerprint density at radius 2 is 2.00 bits per heavy atom. The minimum absolute atomic E-state index is 0.0353. The molecule has 1 saturated carbocycles. The molecule has 3 N–H and O–H groups in total. The highest BCUT2D eigenvalue weighted by Gasteiger charge is 2.27. The summed E-state index contributed by atoms with van der Waals surface area (Å²) in [5.74, 6) is 0.632. The molecule has 0 spiro atoms. The topological polar surface area (TPSA) is 99.8 Å². The molecule has 1 fully saturated rings. The number of anilines is 1. The molecule has 4 rings (SSSR count). The van der Waals surface area contributed by atoms with Crippen LogP contribution < -0.4 is 10.0 Å². The van der Waals surface area contributed by atoms with Gasteiger partial charge in [0.25, 0.3) is 0 Å². The van der Waals surface area contributed by atoms with Crippen molar-refractivity contribution in [3.63, 3.8) is 0 Å². The van der Waals surface area contributed by atoms with Crippen LogP contribution in [0.4, 0.5) is 5.82 Å². The average Bonchev–Trinajstić information content (AvgIpc) is 3.06. The van der Waals surface area contributed by atoms with E-state index >= 15 is 0 Å². The number of hydrogen-bond donors (Lipinski definition) is 3. The van der Waals surface area contributed by atoms with Crippen LogP contribution in [0, 0.1) is 0 Å². The van der Waals surface area contributed by atoms with Crippen LogP contribution >= 0.6 is 11.6 Å². The van der Waals surface area contributed by atoms with Crippen LogP contribution in [0.25, 0.3) is 22.2 Å². The molecule has 2 unspecified atom stereocenters. The Balaban J connectivity index is 1.63. The molecule has 1 aliphatic rings. The van der Waals surface area contributed by atoms with Crippen LogP contribution in [0.15, 0.2) is 36.7 Å². The van der Waals surface area contributed by atoms with Gasteiger partial charge in [-0.05, 0) is 42.7 Å². The van der Waals surface area contributed by atoms with Crippen molar-refractivity contribution in [3.8, 4) is 11.1 Å². The highest BCUT2D eigenvalue weighted by Crippen LogP contribution is 2.31. The van der Waals surface area contributed by atoms with Crippen molar-refractivity contribution in [2.75, 3.05) is 11.6 Å². The standard InChI is InChI=1S/C19H22ClN5O2S/c1-28(26,27)25-16-7-3-2-6-15(16)23-18-10-12(9-17(20)24-18)14-11-22-19-13(14)5-4-8-21-19/h4-5,8-11,15-16,25H,2-3,6-7H2,1H3,(H,21,22)(H,23,24). The van der Waals surface area contributed by atoms with E-state index in [2.05, 4.69) is 25.0 Å². The van der Waals surface area contributed by atoms with Crippen molar-refractivity contribution in [1.29, 1.82) is 0 Å². The Bertz CT molecular complexity index is 1100. The first-order valence-electron chi connectivity index (χ1n) is 9.23. The number of halogens is 1. The van der Waals surface area contributed by atoms with Crippen molar-refractivity contribution in [2.24, 2.45) is 0 Å². The summed E-state index contributed by atoms with van der Waals surface area (Å²) in [6.07, 6.45) is 8.55. The molecule has 0 radical (unpaired) electrons. The predicted molar refractivity (Wildman–Crippen MR) is 112 cm³/mol. The van der Waals surface area contributed by atoms with Crippen LogP contribution in [0.1, 0.15) is 25.7 Å². The number of H-pyrrole nitrogens is 1. The lowest BCUT2D eigenvalue weighted by molar-refractivity contribution is 0.379. The van der Waals surface area contributed by atoms with Gasteiger partial charge in [-0.3, -0.25) is 0 Å². The molecule has 2 atom stereocenters. The molecule has 0 saturated heterocycles. The lowest BCUT2D eigenvalue weighted by Crippen LogP contribution is -2.48. The SMILES string of the molecule is CS(=O)(=O)NC1CCCCC1Nc1cc(-c2c[nH]c3ncccc23)cc(Cl)n1. The van der Waals surface area contributed by atoms with E-state index in [-0.39, 0.29) is 12.1 Å². The Hall–Kier alpha value is -2.16. The molecule has 0 bridgehead atoms. The minimum atomic E-state index is -3.27. The quantitative estimate of drug-likeness (QED) is 0.549. The van der Waals surface area contributed by atoms with Crippen LogP contribution in [0.3, 0.4) is 0 Å². The molecule has 9 heteroatoms. The third kappa shape index (κ3) is 4.29. The maximum atomic E-state index is 11.7. The highest BCUT2D eigenvalue weighted by molar-refractivity contribution is 7.88. The van der Waals surface area contributed by atoms with Crippen molar-refractivity contribution >= 4 is 38.5 Å². The molecule has 0 amide bonds. The Morgan fingerprint density at radius 1 is 1.21 bits per heavy atom. The first-order chi connectivity index (χ1) is 13.4. The van der Waals surface area contributed by atoms with Crippen molar-refractivity contribution in [2.45, 2.75) is 37.8 Å². The maximum Gasteiger partial charge on any atom is 0.209 e. The number of pyridine rings is 2. The summed E-state index contributed by atoms with van der Waals surface area (Å²) in [6.45, 7) is 0. The fraction of sp³-hybridized carbons (Fsp3) is 0.368. The summed E-state index contributed by atoms with van der Waals surface area (Å²) in [5, 5.41) is 4.78. The number of aromatic nitrogens is 3. The largest absolute Gasteiger partial charge is 0.366 e. The second-order valence-electron chi connectivity index (χ2n) is 7.20. The molecule has 1 aliphatic carbocycles. The van der Waals surface area contributed by atoms with E-state index in [9.17, 15) is 8.42 Å². The van der Waals surface area contributed by atoms with Crippen molar-refractivity contribution in [3.05, 3.63) is 41.8 Å². The Labute approximate surface area is 169 Å². The molecule has 3 heterocycles. The van der Waals surface area contributed by atoms with Gasteiger partial charge in [-0.2, -0.15) is 0 Å². The number of nitrogens with zero attached hydrogens (tertiary/aromatic N) is 2. The Kier molecular flexibility index (Phi) is 5.27. The molecule has 7 nitrogen and oxygen atoms in total.